The van der Waals surface area contributed by atoms with Crippen molar-refractivity contribution in [2.75, 3.05) is 18.9 Å². The van der Waals surface area contributed by atoms with Gasteiger partial charge in [-0.3, -0.25) is 0 Å². The predicted octanol–water partition coefficient (Wildman–Crippen LogP) is 3.07. The number of carbonyl (C=O) groups is 2. The van der Waals surface area contributed by atoms with Crippen molar-refractivity contribution >= 4 is 29.2 Å². The first-order chi connectivity index (χ1) is 11.0. The molecule has 0 aliphatic heterocycles. The molecule has 0 aliphatic carbocycles. The third-order valence-electron chi connectivity index (χ3n) is 3.11. The topological polar surface area (TPSA) is 83.5 Å². The summed E-state index contributed by atoms with van der Waals surface area (Å²) in [6, 6.07) is 6.76. The number of aromatic nitrogens is 1. The van der Waals surface area contributed by atoms with E-state index < -0.39 is 11.9 Å². The Bertz CT molecular complexity index is 722. The number of benzene rings is 1. The molecule has 1 aromatic carbocycles. The van der Waals surface area contributed by atoms with Crippen molar-refractivity contribution in [1.29, 1.82) is 0 Å². The Morgan fingerprint density at radius 1 is 1.09 bits per heavy atom. The molecule has 7 heteroatoms. The van der Waals surface area contributed by atoms with Gasteiger partial charge in [0.05, 0.1) is 18.9 Å². The molecule has 0 radical (unpaired) electrons. The van der Waals surface area contributed by atoms with E-state index in [1.807, 2.05) is 0 Å². The van der Waals surface area contributed by atoms with E-state index in [2.05, 4.69) is 0 Å². The second-order valence-electron chi connectivity index (χ2n) is 4.59. The fraction of sp³-hybridized carbons (Fsp3) is 0.250. The second-order valence-corrected chi connectivity index (χ2v) is 5.03. The summed E-state index contributed by atoms with van der Waals surface area (Å²) in [6.45, 7) is 3.78. The molecule has 0 aliphatic rings. The number of nitrogen functional groups attached to an aromatic ring is 1. The smallest absolute Gasteiger partial charge is 0.357 e. The molecule has 0 spiro atoms. The first-order valence-corrected chi connectivity index (χ1v) is 7.48. The summed E-state index contributed by atoms with van der Waals surface area (Å²) in [5.41, 5.74) is 6.83. The minimum Gasteiger partial charge on any atom is -0.462 e. The van der Waals surface area contributed by atoms with E-state index in [-0.39, 0.29) is 30.2 Å². The first kappa shape index (κ1) is 16.9. The lowest BCUT2D eigenvalue weighted by atomic mass is 10.2. The average molecular weight is 337 g/mol. The number of halogens is 1. The Kier molecular flexibility index (Phi) is 5.28. The zero-order valence-corrected chi connectivity index (χ0v) is 13.6. The van der Waals surface area contributed by atoms with Crippen LogP contribution < -0.4 is 5.73 Å². The molecule has 1 aromatic heterocycles. The van der Waals surface area contributed by atoms with E-state index >= 15 is 0 Å². The van der Waals surface area contributed by atoms with Crippen LogP contribution in [0.15, 0.2) is 30.5 Å². The molecule has 0 amide bonds. The van der Waals surface area contributed by atoms with E-state index in [1.54, 1.807) is 38.1 Å². The summed E-state index contributed by atoms with van der Waals surface area (Å²) in [5.74, 6) is -1.21. The van der Waals surface area contributed by atoms with Crippen molar-refractivity contribution in [2.45, 2.75) is 13.8 Å². The van der Waals surface area contributed by atoms with Crippen molar-refractivity contribution in [3.8, 4) is 5.69 Å². The Morgan fingerprint density at radius 3 is 2.22 bits per heavy atom. The van der Waals surface area contributed by atoms with Gasteiger partial charge < -0.3 is 19.8 Å². The summed E-state index contributed by atoms with van der Waals surface area (Å²) in [5, 5.41) is 0.553. The maximum absolute atomic E-state index is 12.2. The second kappa shape index (κ2) is 7.19. The molecule has 0 atom stereocenters. The number of anilines is 1. The van der Waals surface area contributed by atoms with Crippen LogP contribution in [0.1, 0.15) is 34.7 Å². The molecule has 1 heterocycles. The van der Waals surface area contributed by atoms with Gasteiger partial charge in [-0.2, -0.15) is 0 Å². The number of ether oxygens (including phenoxy) is 2. The lowest BCUT2D eigenvalue weighted by Crippen LogP contribution is -2.13. The highest BCUT2D eigenvalue weighted by atomic mass is 35.5. The van der Waals surface area contributed by atoms with Crippen molar-refractivity contribution in [2.24, 2.45) is 0 Å². The SMILES string of the molecule is CCOC(=O)c1cn(-c2ccc(Cl)cc2)c(C(=O)OCC)c1N. The highest BCUT2D eigenvalue weighted by Crippen LogP contribution is 2.26. The molecule has 23 heavy (non-hydrogen) atoms. The van der Waals surface area contributed by atoms with E-state index in [4.69, 9.17) is 26.8 Å². The molecule has 0 unspecified atom stereocenters. The minimum atomic E-state index is -0.615. The van der Waals surface area contributed by atoms with Gasteiger partial charge in [0.25, 0.3) is 0 Å². The van der Waals surface area contributed by atoms with Crippen molar-refractivity contribution in [1.82, 2.24) is 4.57 Å². The molecule has 2 rings (SSSR count). The molecule has 0 bridgehead atoms. The number of esters is 2. The van der Waals surface area contributed by atoms with Crippen molar-refractivity contribution < 1.29 is 19.1 Å². The van der Waals surface area contributed by atoms with Gasteiger partial charge in [0, 0.05) is 16.9 Å². The van der Waals surface area contributed by atoms with Crippen LogP contribution in [0.5, 0.6) is 0 Å². The number of hydrogen-bond acceptors (Lipinski definition) is 5. The maximum atomic E-state index is 12.2. The lowest BCUT2D eigenvalue weighted by molar-refractivity contribution is 0.0516. The Labute approximate surface area is 138 Å². The van der Waals surface area contributed by atoms with Crippen LogP contribution >= 0.6 is 11.6 Å². The van der Waals surface area contributed by atoms with Crippen LogP contribution in [0.2, 0.25) is 5.02 Å². The number of rotatable bonds is 5. The fourth-order valence-electron chi connectivity index (χ4n) is 2.11. The molecule has 122 valence electrons. The van der Waals surface area contributed by atoms with Crippen LogP contribution in [-0.4, -0.2) is 29.7 Å². The molecule has 2 N–H and O–H groups in total. The summed E-state index contributed by atoms with van der Waals surface area (Å²) >= 11 is 5.88. The third kappa shape index (κ3) is 3.48. The Hall–Kier alpha value is -2.47. The van der Waals surface area contributed by atoms with E-state index in [0.29, 0.717) is 10.7 Å². The normalized spacial score (nSPS) is 10.4. The molecule has 6 nitrogen and oxygen atoms in total. The lowest BCUT2D eigenvalue weighted by Gasteiger charge is -2.09. The number of nitrogens with zero attached hydrogens (tertiary/aromatic N) is 1. The average Bonchev–Trinajstić information content (AvgIpc) is 2.86. The van der Waals surface area contributed by atoms with E-state index in [1.165, 1.54) is 10.8 Å². The maximum Gasteiger partial charge on any atom is 0.357 e. The summed E-state index contributed by atoms with van der Waals surface area (Å²) in [4.78, 5) is 24.2. The molecular weight excluding hydrogens is 320 g/mol. The standard InChI is InChI=1S/C16H17ClN2O4/c1-3-22-15(20)12-9-19(11-7-5-10(17)6-8-11)14(13(12)18)16(21)23-4-2/h5-9H,3-4,18H2,1-2H3. The molecular formula is C16H17ClN2O4. The molecule has 2 aromatic rings. The number of nitrogens with two attached hydrogens (primary N) is 1. The van der Waals surface area contributed by atoms with Gasteiger partial charge in [0.15, 0.2) is 5.69 Å². The first-order valence-electron chi connectivity index (χ1n) is 7.10. The van der Waals surface area contributed by atoms with Crippen molar-refractivity contribution in [3.05, 3.63) is 46.7 Å². The Morgan fingerprint density at radius 2 is 1.65 bits per heavy atom. The van der Waals surface area contributed by atoms with E-state index in [9.17, 15) is 9.59 Å². The summed E-state index contributed by atoms with van der Waals surface area (Å²) in [6.07, 6.45) is 1.46. The van der Waals surface area contributed by atoms with Crippen LogP contribution in [0.25, 0.3) is 5.69 Å². The quantitative estimate of drug-likeness (QED) is 0.848. The van der Waals surface area contributed by atoms with Crippen LogP contribution in [0.4, 0.5) is 5.69 Å². The van der Waals surface area contributed by atoms with Gasteiger partial charge in [0.1, 0.15) is 5.56 Å². The zero-order chi connectivity index (χ0) is 17.0. The monoisotopic (exact) mass is 336 g/mol. The van der Waals surface area contributed by atoms with Gasteiger partial charge in [-0.1, -0.05) is 11.6 Å². The molecule has 0 fully saturated rings. The molecule has 0 saturated carbocycles. The summed E-state index contributed by atoms with van der Waals surface area (Å²) < 4.78 is 11.5. The zero-order valence-electron chi connectivity index (χ0n) is 12.8. The van der Waals surface area contributed by atoms with Crippen LogP contribution in [0.3, 0.4) is 0 Å². The number of hydrogen-bond donors (Lipinski definition) is 1. The van der Waals surface area contributed by atoms with Crippen LogP contribution in [-0.2, 0) is 9.47 Å². The van der Waals surface area contributed by atoms with Gasteiger partial charge >= 0.3 is 11.9 Å². The van der Waals surface area contributed by atoms with Gasteiger partial charge in [-0.25, -0.2) is 9.59 Å². The van der Waals surface area contributed by atoms with Gasteiger partial charge in [0.2, 0.25) is 0 Å². The minimum absolute atomic E-state index is 0.0249. The largest absolute Gasteiger partial charge is 0.462 e. The van der Waals surface area contributed by atoms with Gasteiger partial charge in [-0.15, -0.1) is 0 Å². The fourth-order valence-corrected chi connectivity index (χ4v) is 2.23. The Balaban J connectivity index is 2.58. The predicted molar refractivity (Wildman–Crippen MR) is 87.1 cm³/mol. The van der Waals surface area contributed by atoms with Gasteiger partial charge in [-0.05, 0) is 38.1 Å². The van der Waals surface area contributed by atoms with Crippen LogP contribution in [0, 0.1) is 0 Å². The highest BCUT2D eigenvalue weighted by Gasteiger charge is 2.26. The molecule has 0 saturated heterocycles. The van der Waals surface area contributed by atoms with E-state index in [0.717, 1.165) is 0 Å². The highest BCUT2D eigenvalue weighted by molar-refractivity contribution is 6.30. The third-order valence-corrected chi connectivity index (χ3v) is 3.37. The van der Waals surface area contributed by atoms with Crippen molar-refractivity contribution in [3.63, 3.8) is 0 Å². The number of carbonyl (C=O) groups excluding carboxylic acids is 2. The summed E-state index contributed by atoms with van der Waals surface area (Å²) in [7, 11) is 0.